The van der Waals surface area contributed by atoms with E-state index in [1.165, 1.54) is 5.56 Å². The van der Waals surface area contributed by atoms with Crippen LogP contribution in [0.2, 0.25) is 0 Å². The van der Waals surface area contributed by atoms with E-state index in [1.54, 1.807) is 0 Å². The van der Waals surface area contributed by atoms with Crippen LogP contribution in [-0.2, 0) is 4.74 Å². The molecular weight excluding hydrogens is 264 g/mol. The van der Waals surface area contributed by atoms with Crippen molar-refractivity contribution >= 4 is 0 Å². The number of piperidine rings is 1. The topological polar surface area (TPSA) is 47.7 Å². The smallest absolute Gasteiger partial charge is 0.119 e. The Balaban J connectivity index is 1.57. The maximum atomic E-state index is 5.82. The minimum absolute atomic E-state index is 0.422. The first-order chi connectivity index (χ1) is 10.3. The molecule has 4 nitrogen and oxygen atoms in total. The SMILES string of the molecule is Cc1ccc(OCCN2CCC(OCCCN)CC2)cc1. The Hall–Kier alpha value is -1.10. The molecule has 0 radical (unpaired) electrons. The number of nitrogens with two attached hydrogens (primary N) is 1. The Morgan fingerprint density at radius 3 is 2.52 bits per heavy atom. The van der Waals surface area contributed by atoms with Gasteiger partial charge in [-0.2, -0.15) is 0 Å². The summed E-state index contributed by atoms with van der Waals surface area (Å²) in [5.74, 6) is 0.959. The highest BCUT2D eigenvalue weighted by molar-refractivity contribution is 5.26. The van der Waals surface area contributed by atoms with E-state index in [0.29, 0.717) is 6.10 Å². The van der Waals surface area contributed by atoms with Crippen molar-refractivity contribution in [2.75, 3.05) is 39.4 Å². The van der Waals surface area contributed by atoms with Gasteiger partial charge in [0.25, 0.3) is 0 Å². The van der Waals surface area contributed by atoms with Gasteiger partial charge in [0.1, 0.15) is 12.4 Å². The molecule has 4 heteroatoms. The quantitative estimate of drug-likeness (QED) is 0.746. The average Bonchev–Trinajstić information content (AvgIpc) is 2.51. The minimum Gasteiger partial charge on any atom is -0.492 e. The van der Waals surface area contributed by atoms with Crippen molar-refractivity contribution in [3.05, 3.63) is 29.8 Å². The summed E-state index contributed by atoms with van der Waals surface area (Å²) in [6.45, 7) is 7.55. The van der Waals surface area contributed by atoms with Gasteiger partial charge in [-0.25, -0.2) is 0 Å². The van der Waals surface area contributed by atoms with E-state index in [0.717, 1.165) is 64.4 Å². The van der Waals surface area contributed by atoms with Crippen molar-refractivity contribution in [2.24, 2.45) is 5.73 Å². The first-order valence-electron chi connectivity index (χ1n) is 8.01. The molecule has 1 aliphatic heterocycles. The lowest BCUT2D eigenvalue weighted by molar-refractivity contribution is 0.00516. The Morgan fingerprint density at radius 2 is 1.86 bits per heavy atom. The monoisotopic (exact) mass is 292 g/mol. The van der Waals surface area contributed by atoms with Crippen LogP contribution in [0.4, 0.5) is 0 Å². The van der Waals surface area contributed by atoms with Gasteiger partial charge in [0.05, 0.1) is 6.10 Å². The van der Waals surface area contributed by atoms with Crippen LogP contribution in [0.1, 0.15) is 24.8 Å². The number of ether oxygens (including phenoxy) is 2. The first-order valence-corrected chi connectivity index (χ1v) is 8.01. The van der Waals surface area contributed by atoms with Gasteiger partial charge in [-0.3, -0.25) is 4.90 Å². The van der Waals surface area contributed by atoms with Gasteiger partial charge in [-0.05, 0) is 44.9 Å². The van der Waals surface area contributed by atoms with Crippen molar-refractivity contribution in [3.8, 4) is 5.75 Å². The fourth-order valence-corrected chi connectivity index (χ4v) is 2.56. The summed E-state index contributed by atoms with van der Waals surface area (Å²) in [6.07, 6.45) is 3.63. The highest BCUT2D eigenvalue weighted by Gasteiger charge is 2.19. The number of aryl methyl sites for hydroxylation is 1. The average molecular weight is 292 g/mol. The van der Waals surface area contributed by atoms with Crippen LogP contribution in [0, 0.1) is 6.92 Å². The number of rotatable bonds is 8. The van der Waals surface area contributed by atoms with E-state index < -0.39 is 0 Å². The molecule has 0 spiro atoms. The number of nitrogens with zero attached hydrogens (tertiary/aromatic N) is 1. The van der Waals surface area contributed by atoms with E-state index in [9.17, 15) is 0 Å². The highest BCUT2D eigenvalue weighted by atomic mass is 16.5. The predicted molar refractivity (Wildman–Crippen MR) is 85.8 cm³/mol. The summed E-state index contributed by atoms with van der Waals surface area (Å²) in [6, 6.07) is 8.23. The minimum atomic E-state index is 0.422. The summed E-state index contributed by atoms with van der Waals surface area (Å²) in [4.78, 5) is 2.46. The largest absolute Gasteiger partial charge is 0.492 e. The fraction of sp³-hybridized carbons (Fsp3) is 0.647. The Labute approximate surface area is 128 Å². The highest BCUT2D eigenvalue weighted by Crippen LogP contribution is 2.15. The van der Waals surface area contributed by atoms with Gasteiger partial charge in [0.15, 0.2) is 0 Å². The summed E-state index contributed by atoms with van der Waals surface area (Å²) in [5, 5.41) is 0. The van der Waals surface area contributed by atoms with Gasteiger partial charge < -0.3 is 15.2 Å². The number of benzene rings is 1. The normalized spacial score (nSPS) is 17.0. The van der Waals surface area contributed by atoms with Crippen molar-refractivity contribution in [2.45, 2.75) is 32.3 Å². The summed E-state index contributed by atoms with van der Waals surface area (Å²) < 4.78 is 11.6. The zero-order chi connectivity index (χ0) is 14.9. The molecule has 1 aromatic carbocycles. The zero-order valence-electron chi connectivity index (χ0n) is 13.1. The lowest BCUT2D eigenvalue weighted by atomic mass is 10.1. The predicted octanol–water partition coefficient (Wildman–Crippen LogP) is 2.20. The molecule has 1 fully saturated rings. The molecule has 21 heavy (non-hydrogen) atoms. The zero-order valence-corrected chi connectivity index (χ0v) is 13.1. The molecule has 1 aliphatic rings. The number of hydrogen-bond donors (Lipinski definition) is 1. The third-order valence-electron chi connectivity index (χ3n) is 3.93. The summed E-state index contributed by atoms with van der Waals surface area (Å²) in [5.41, 5.74) is 6.74. The van der Waals surface area contributed by atoms with E-state index in [1.807, 2.05) is 12.1 Å². The molecule has 2 N–H and O–H groups in total. The van der Waals surface area contributed by atoms with Crippen molar-refractivity contribution in [1.82, 2.24) is 4.90 Å². The second-order valence-electron chi connectivity index (χ2n) is 5.72. The van der Waals surface area contributed by atoms with Crippen LogP contribution >= 0.6 is 0 Å². The molecule has 118 valence electrons. The Bertz CT molecular complexity index is 386. The van der Waals surface area contributed by atoms with Gasteiger partial charge >= 0.3 is 0 Å². The molecule has 0 aliphatic carbocycles. The van der Waals surface area contributed by atoms with Crippen LogP contribution in [0.5, 0.6) is 5.75 Å². The van der Waals surface area contributed by atoms with Crippen LogP contribution in [0.15, 0.2) is 24.3 Å². The van der Waals surface area contributed by atoms with Crippen LogP contribution < -0.4 is 10.5 Å². The van der Waals surface area contributed by atoms with Crippen molar-refractivity contribution < 1.29 is 9.47 Å². The molecule has 1 saturated heterocycles. The fourth-order valence-electron chi connectivity index (χ4n) is 2.56. The number of hydrogen-bond acceptors (Lipinski definition) is 4. The molecule has 0 atom stereocenters. The van der Waals surface area contributed by atoms with Crippen LogP contribution in [-0.4, -0.2) is 50.4 Å². The Morgan fingerprint density at radius 1 is 1.14 bits per heavy atom. The van der Waals surface area contributed by atoms with E-state index in [4.69, 9.17) is 15.2 Å². The molecule has 0 unspecified atom stereocenters. The molecule has 0 aromatic heterocycles. The molecular formula is C17H28N2O2. The van der Waals surface area contributed by atoms with Gasteiger partial charge in [-0.1, -0.05) is 17.7 Å². The standard InChI is InChI=1S/C17H28N2O2/c1-15-3-5-16(6-4-15)21-14-12-19-10-7-17(8-11-19)20-13-2-9-18/h3-6,17H,2,7-14,18H2,1H3. The molecule has 2 rings (SSSR count). The van der Waals surface area contributed by atoms with Gasteiger partial charge in [0, 0.05) is 26.2 Å². The third kappa shape index (κ3) is 6.04. The van der Waals surface area contributed by atoms with Crippen LogP contribution in [0.3, 0.4) is 0 Å². The van der Waals surface area contributed by atoms with E-state index in [2.05, 4.69) is 24.0 Å². The lowest BCUT2D eigenvalue weighted by Gasteiger charge is -2.31. The molecule has 0 amide bonds. The van der Waals surface area contributed by atoms with E-state index in [-0.39, 0.29) is 0 Å². The third-order valence-corrected chi connectivity index (χ3v) is 3.93. The maximum absolute atomic E-state index is 5.82. The Kier molecular flexibility index (Phi) is 7.00. The van der Waals surface area contributed by atoms with Crippen molar-refractivity contribution in [3.63, 3.8) is 0 Å². The van der Waals surface area contributed by atoms with Gasteiger partial charge in [-0.15, -0.1) is 0 Å². The van der Waals surface area contributed by atoms with E-state index >= 15 is 0 Å². The second-order valence-corrected chi connectivity index (χ2v) is 5.72. The summed E-state index contributed by atoms with van der Waals surface area (Å²) in [7, 11) is 0. The van der Waals surface area contributed by atoms with Crippen molar-refractivity contribution in [1.29, 1.82) is 0 Å². The van der Waals surface area contributed by atoms with Crippen LogP contribution in [0.25, 0.3) is 0 Å². The van der Waals surface area contributed by atoms with Gasteiger partial charge in [0.2, 0.25) is 0 Å². The molecule has 0 saturated carbocycles. The number of likely N-dealkylation sites (tertiary alicyclic amines) is 1. The lowest BCUT2D eigenvalue weighted by Crippen LogP contribution is -2.39. The summed E-state index contributed by atoms with van der Waals surface area (Å²) >= 11 is 0. The molecule has 1 heterocycles. The maximum Gasteiger partial charge on any atom is 0.119 e. The second kappa shape index (κ2) is 9.03. The molecule has 1 aromatic rings. The first kappa shape index (κ1) is 16.3. The molecule has 0 bridgehead atoms.